The summed E-state index contributed by atoms with van der Waals surface area (Å²) in [4.78, 5) is 11.6. The SMILES string of the molecule is COc1ccc([C@H]2C[C@@H]3CC(C(=O)NO)=C[C@@H]3C2)cc1OC1CCCC1. The number of methoxy groups -OCH3 is 1. The van der Waals surface area contributed by atoms with Crippen molar-refractivity contribution in [3.8, 4) is 11.5 Å². The van der Waals surface area contributed by atoms with E-state index >= 15 is 0 Å². The number of allylic oxidation sites excluding steroid dienone is 1. The second-order valence-electron chi connectivity index (χ2n) is 7.86. The zero-order valence-corrected chi connectivity index (χ0v) is 15.2. The maximum absolute atomic E-state index is 11.6. The standard InChI is InChI=1S/C21H27NO4/c1-25-19-7-6-13(12-20(19)26-18-4-2-3-5-18)14-8-15-10-17(21(23)22-24)11-16(15)9-14/h6-7,10,12,14-16,18,24H,2-5,8-9,11H2,1H3,(H,22,23)/t14-,15+,16-/m1/s1. The number of benzene rings is 1. The molecule has 0 radical (unpaired) electrons. The Morgan fingerprint density at radius 2 is 2.00 bits per heavy atom. The molecule has 0 aliphatic heterocycles. The number of ether oxygens (including phenoxy) is 2. The van der Waals surface area contributed by atoms with E-state index in [4.69, 9.17) is 14.7 Å². The first kappa shape index (κ1) is 17.4. The average Bonchev–Trinajstić information content (AvgIpc) is 3.37. The topological polar surface area (TPSA) is 67.8 Å². The number of carbonyl (C=O) groups excluding carboxylic acids is 1. The minimum Gasteiger partial charge on any atom is -0.493 e. The second-order valence-corrected chi connectivity index (χ2v) is 7.86. The predicted molar refractivity (Wildman–Crippen MR) is 97.5 cm³/mol. The van der Waals surface area contributed by atoms with Crippen LogP contribution in [0.5, 0.6) is 11.5 Å². The summed E-state index contributed by atoms with van der Waals surface area (Å²) in [5, 5.41) is 8.82. The van der Waals surface area contributed by atoms with Gasteiger partial charge in [0, 0.05) is 5.57 Å². The van der Waals surface area contributed by atoms with Crippen LogP contribution in [0, 0.1) is 11.8 Å². The van der Waals surface area contributed by atoms with E-state index in [0.717, 1.165) is 49.2 Å². The minimum absolute atomic E-state index is 0.310. The van der Waals surface area contributed by atoms with E-state index < -0.39 is 0 Å². The van der Waals surface area contributed by atoms with E-state index in [1.165, 1.54) is 18.4 Å². The van der Waals surface area contributed by atoms with Crippen molar-refractivity contribution in [3.63, 3.8) is 0 Å². The monoisotopic (exact) mass is 357 g/mol. The van der Waals surface area contributed by atoms with Gasteiger partial charge in [-0.15, -0.1) is 0 Å². The van der Waals surface area contributed by atoms with Crippen molar-refractivity contribution in [2.45, 2.75) is 57.0 Å². The third-order valence-corrected chi connectivity index (χ3v) is 6.29. The largest absolute Gasteiger partial charge is 0.493 e. The molecule has 0 heterocycles. The number of hydroxylamine groups is 1. The predicted octanol–water partition coefficient (Wildman–Crippen LogP) is 3.96. The van der Waals surface area contributed by atoms with E-state index in [2.05, 4.69) is 18.2 Å². The van der Waals surface area contributed by atoms with E-state index in [0.29, 0.717) is 23.9 Å². The molecule has 2 saturated carbocycles. The van der Waals surface area contributed by atoms with Crippen molar-refractivity contribution in [2.75, 3.05) is 7.11 Å². The lowest BCUT2D eigenvalue weighted by atomic mass is 9.94. The second kappa shape index (κ2) is 7.31. The normalized spacial score (nSPS) is 27.9. The van der Waals surface area contributed by atoms with Crippen molar-refractivity contribution in [3.05, 3.63) is 35.4 Å². The molecule has 140 valence electrons. The van der Waals surface area contributed by atoms with Crippen molar-refractivity contribution in [1.82, 2.24) is 5.48 Å². The summed E-state index contributed by atoms with van der Waals surface area (Å²) in [6.45, 7) is 0. The van der Waals surface area contributed by atoms with Crippen LogP contribution in [0.1, 0.15) is 56.4 Å². The zero-order chi connectivity index (χ0) is 18.1. The molecule has 26 heavy (non-hydrogen) atoms. The maximum Gasteiger partial charge on any atom is 0.270 e. The van der Waals surface area contributed by atoms with Crippen LogP contribution in [0.3, 0.4) is 0 Å². The Kier molecular flexibility index (Phi) is 4.90. The lowest BCUT2D eigenvalue weighted by molar-refractivity contribution is -0.125. The van der Waals surface area contributed by atoms with Gasteiger partial charge in [0.05, 0.1) is 13.2 Å². The van der Waals surface area contributed by atoms with Crippen molar-refractivity contribution in [1.29, 1.82) is 0 Å². The fraction of sp³-hybridized carbons (Fsp3) is 0.571. The third-order valence-electron chi connectivity index (χ3n) is 6.29. The molecule has 5 heteroatoms. The Bertz CT molecular complexity index is 708. The molecule has 2 fully saturated rings. The highest BCUT2D eigenvalue weighted by Crippen LogP contribution is 2.50. The Labute approximate surface area is 154 Å². The quantitative estimate of drug-likeness (QED) is 0.618. The van der Waals surface area contributed by atoms with Gasteiger partial charge in [-0.2, -0.15) is 0 Å². The Hall–Kier alpha value is -2.01. The molecule has 4 rings (SSSR count). The van der Waals surface area contributed by atoms with Gasteiger partial charge in [0.25, 0.3) is 5.91 Å². The number of hydrogen-bond acceptors (Lipinski definition) is 4. The number of rotatable bonds is 5. The summed E-state index contributed by atoms with van der Waals surface area (Å²) >= 11 is 0. The molecule has 1 aromatic rings. The Morgan fingerprint density at radius 1 is 1.19 bits per heavy atom. The molecule has 0 spiro atoms. The molecule has 0 aromatic heterocycles. The fourth-order valence-electron chi connectivity index (χ4n) is 4.94. The molecule has 5 nitrogen and oxygen atoms in total. The maximum atomic E-state index is 11.6. The number of hydrogen-bond donors (Lipinski definition) is 2. The van der Waals surface area contributed by atoms with Crippen LogP contribution in [0.25, 0.3) is 0 Å². The first-order valence-electron chi connectivity index (χ1n) is 9.67. The lowest BCUT2D eigenvalue weighted by Gasteiger charge is -2.19. The van der Waals surface area contributed by atoms with E-state index in [1.54, 1.807) is 12.6 Å². The van der Waals surface area contributed by atoms with Gasteiger partial charge in [-0.05, 0) is 80.4 Å². The fourth-order valence-corrected chi connectivity index (χ4v) is 4.94. The van der Waals surface area contributed by atoms with Crippen molar-refractivity contribution < 1.29 is 19.5 Å². The van der Waals surface area contributed by atoms with Gasteiger partial charge in [0.2, 0.25) is 0 Å². The van der Waals surface area contributed by atoms with E-state index in [1.807, 2.05) is 6.07 Å². The Balaban J connectivity index is 1.48. The molecule has 3 aliphatic rings. The highest BCUT2D eigenvalue weighted by atomic mass is 16.5. The zero-order valence-electron chi connectivity index (χ0n) is 15.2. The molecule has 0 saturated heterocycles. The molecular formula is C21H27NO4. The minimum atomic E-state index is -0.354. The highest BCUT2D eigenvalue weighted by molar-refractivity contribution is 5.93. The molecular weight excluding hydrogens is 330 g/mol. The van der Waals surface area contributed by atoms with Crippen LogP contribution in [0.2, 0.25) is 0 Å². The number of fused-ring (bicyclic) bond motifs is 1. The van der Waals surface area contributed by atoms with E-state index in [-0.39, 0.29) is 5.91 Å². The van der Waals surface area contributed by atoms with Crippen LogP contribution in [0.4, 0.5) is 0 Å². The summed E-state index contributed by atoms with van der Waals surface area (Å²) in [5.41, 5.74) is 3.78. The third kappa shape index (κ3) is 3.32. The summed E-state index contributed by atoms with van der Waals surface area (Å²) < 4.78 is 11.7. The van der Waals surface area contributed by atoms with Gasteiger partial charge in [-0.25, -0.2) is 5.48 Å². The average molecular weight is 357 g/mol. The highest BCUT2D eigenvalue weighted by Gasteiger charge is 2.39. The number of amides is 1. The molecule has 0 unspecified atom stereocenters. The van der Waals surface area contributed by atoms with Crippen LogP contribution >= 0.6 is 0 Å². The molecule has 1 aromatic carbocycles. The van der Waals surface area contributed by atoms with Gasteiger partial charge in [-0.1, -0.05) is 12.1 Å². The van der Waals surface area contributed by atoms with Gasteiger partial charge in [0.15, 0.2) is 11.5 Å². The van der Waals surface area contributed by atoms with E-state index in [9.17, 15) is 4.79 Å². The van der Waals surface area contributed by atoms with Crippen LogP contribution < -0.4 is 15.0 Å². The Morgan fingerprint density at radius 3 is 2.69 bits per heavy atom. The summed E-state index contributed by atoms with van der Waals surface area (Å²) in [7, 11) is 1.69. The molecule has 2 N–H and O–H groups in total. The summed E-state index contributed by atoms with van der Waals surface area (Å²) in [6.07, 6.45) is 9.97. The molecule has 1 amide bonds. The first-order valence-corrected chi connectivity index (χ1v) is 9.67. The van der Waals surface area contributed by atoms with Gasteiger partial charge < -0.3 is 9.47 Å². The molecule has 3 atom stereocenters. The number of carbonyl (C=O) groups is 1. The first-order chi connectivity index (χ1) is 12.7. The van der Waals surface area contributed by atoms with Crippen LogP contribution in [-0.2, 0) is 4.79 Å². The van der Waals surface area contributed by atoms with Gasteiger partial charge in [-0.3, -0.25) is 10.0 Å². The number of nitrogens with one attached hydrogen (secondary N) is 1. The molecule has 3 aliphatic carbocycles. The van der Waals surface area contributed by atoms with Gasteiger partial charge >= 0.3 is 0 Å². The smallest absolute Gasteiger partial charge is 0.270 e. The lowest BCUT2D eigenvalue weighted by Crippen LogP contribution is -2.20. The van der Waals surface area contributed by atoms with Gasteiger partial charge in [0.1, 0.15) is 0 Å². The van der Waals surface area contributed by atoms with Crippen molar-refractivity contribution >= 4 is 5.91 Å². The summed E-state index contributed by atoms with van der Waals surface area (Å²) in [6, 6.07) is 6.33. The summed E-state index contributed by atoms with van der Waals surface area (Å²) in [5.74, 6) is 2.72. The van der Waals surface area contributed by atoms with Crippen LogP contribution in [0.15, 0.2) is 29.8 Å². The van der Waals surface area contributed by atoms with Crippen LogP contribution in [-0.4, -0.2) is 24.3 Å². The molecule has 0 bridgehead atoms. The van der Waals surface area contributed by atoms with Crippen molar-refractivity contribution in [2.24, 2.45) is 11.8 Å².